The Balaban J connectivity index is 1.16. The molecule has 2 aromatic heterocycles. The monoisotopic (exact) mass is 722 g/mol. The quantitative estimate of drug-likeness (QED) is 0.136. The molecule has 6 rings (SSSR count). The van der Waals surface area contributed by atoms with Crippen LogP contribution in [0, 0.1) is 22.7 Å². The SMILES string of the molecule is CC(C)(C)[C@H](NC(=O)C1CCC(F)(F)CC1)c1ncc(-c2ccc(-c3ccc4nc([C@@H](NC(=O)C5CCC(F)(F)CC5)C(C)(C)C)[nH]c4c3)cc2)[nH]1. The van der Waals surface area contributed by atoms with Crippen LogP contribution in [-0.4, -0.2) is 43.6 Å². The smallest absolute Gasteiger partial charge is 0.248 e. The number of hydrogen-bond acceptors (Lipinski definition) is 4. The molecule has 2 aliphatic carbocycles. The Labute approximate surface area is 302 Å². The molecule has 52 heavy (non-hydrogen) atoms. The molecule has 0 aliphatic heterocycles. The third-order valence-electron chi connectivity index (χ3n) is 10.7. The van der Waals surface area contributed by atoms with Crippen molar-refractivity contribution in [3.05, 3.63) is 60.3 Å². The Morgan fingerprint density at radius 2 is 1.15 bits per heavy atom. The number of alkyl halides is 4. The highest BCUT2D eigenvalue weighted by Gasteiger charge is 2.41. The van der Waals surface area contributed by atoms with Gasteiger partial charge in [-0.25, -0.2) is 27.5 Å². The van der Waals surface area contributed by atoms with Crippen LogP contribution in [0.1, 0.15) is 117 Å². The molecule has 4 N–H and O–H groups in total. The molecule has 8 nitrogen and oxygen atoms in total. The minimum Gasteiger partial charge on any atom is -0.345 e. The van der Waals surface area contributed by atoms with Gasteiger partial charge in [-0.05, 0) is 65.3 Å². The van der Waals surface area contributed by atoms with Crippen LogP contribution < -0.4 is 10.6 Å². The van der Waals surface area contributed by atoms with Crippen molar-refractivity contribution in [3.8, 4) is 22.4 Å². The molecule has 0 saturated heterocycles. The molecule has 0 unspecified atom stereocenters. The van der Waals surface area contributed by atoms with Crippen molar-refractivity contribution in [2.75, 3.05) is 0 Å². The maximum Gasteiger partial charge on any atom is 0.248 e. The van der Waals surface area contributed by atoms with Crippen molar-refractivity contribution >= 4 is 22.8 Å². The summed E-state index contributed by atoms with van der Waals surface area (Å²) in [5.41, 5.74) is 4.44. The summed E-state index contributed by atoms with van der Waals surface area (Å²) < 4.78 is 54.8. The van der Waals surface area contributed by atoms with E-state index in [0.717, 1.165) is 33.4 Å². The first-order valence-electron chi connectivity index (χ1n) is 18.3. The largest absolute Gasteiger partial charge is 0.345 e. The minimum absolute atomic E-state index is 0.170. The molecule has 4 aromatic rings. The molecule has 0 radical (unpaired) electrons. The zero-order chi connectivity index (χ0) is 37.6. The third-order valence-corrected chi connectivity index (χ3v) is 10.7. The fourth-order valence-corrected chi connectivity index (χ4v) is 7.33. The molecule has 2 fully saturated rings. The highest BCUT2D eigenvalue weighted by atomic mass is 19.3. The molecule has 2 aliphatic rings. The fraction of sp³-hybridized carbons (Fsp3) is 0.550. The van der Waals surface area contributed by atoms with Crippen molar-refractivity contribution < 1.29 is 27.2 Å². The van der Waals surface area contributed by atoms with Gasteiger partial charge in [-0.15, -0.1) is 0 Å². The summed E-state index contributed by atoms with van der Waals surface area (Å²) in [5, 5.41) is 6.20. The van der Waals surface area contributed by atoms with Crippen molar-refractivity contribution in [1.29, 1.82) is 0 Å². The van der Waals surface area contributed by atoms with E-state index < -0.39 is 35.8 Å². The van der Waals surface area contributed by atoms with Gasteiger partial charge in [0.1, 0.15) is 11.6 Å². The predicted octanol–water partition coefficient (Wildman–Crippen LogP) is 9.68. The molecule has 280 valence electrons. The molecule has 2 aromatic carbocycles. The van der Waals surface area contributed by atoms with Gasteiger partial charge in [0.25, 0.3) is 0 Å². The van der Waals surface area contributed by atoms with Crippen LogP contribution in [0.15, 0.2) is 48.7 Å². The summed E-state index contributed by atoms with van der Waals surface area (Å²) in [4.78, 5) is 42.5. The first-order valence-corrected chi connectivity index (χ1v) is 18.3. The molecule has 0 spiro atoms. The lowest BCUT2D eigenvalue weighted by atomic mass is 9.83. The summed E-state index contributed by atoms with van der Waals surface area (Å²) in [6.07, 6.45) is 1.34. The number of imidazole rings is 2. The number of rotatable bonds is 8. The van der Waals surface area contributed by atoms with Crippen LogP contribution >= 0.6 is 0 Å². The normalized spacial score (nSPS) is 19.7. The Morgan fingerprint density at radius 3 is 1.65 bits per heavy atom. The van der Waals surface area contributed by atoms with Gasteiger partial charge in [0.05, 0.1) is 35.0 Å². The van der Waals surface area contributed by atoms with Crippen LogP contribution in [-0.2, 0) is 9.59 Å². The number of aromatic nitrogens is 4. The highest BCUT2D eigenvalue weighted by molar-refractivity contribution is 5.83. The Kier molecular flexibility index (Phi) is 10.1. The van der Waals surface area contributed by atoms with E-state index in [-0.39, 0.29) is 74.0 Å². The standard InChI is InChI=1S/C40H50F4N6O2/c1-37(2,3)31(49-35(51)25-13-17-39(41,42)18-14-25)33-45-22-30(48-33)24-9-7-23(8-10-24)27-11-12-28-29(21-27)47-34(46-28)32(38(4,5)6)50-36(52)26-15-19-40(43,44)20-16-26/h7-12,21-22,25-26,31-32H,13-20H2,1-6H3,(H,45,48)(H,46,47)(H,49,51)(H,50,52)/t31-,32-/m1/s1. The molecule has 12 heteroatoms. The molecule has 2 saturated carbocycles. The molecule has 2 atom stereocenters. The van der Waals surface area contributed by atoms with Gasteiger partial charge in [-0.1, -0.05) is 71.9 Å². The Morgan fingerprint density at radius 1 is 0.692 bits per heavy atom. The Bertz CT molecular complexity index is 1880. The molecule has 0 bridgehead atoms. The first kappa shape index (κ1) is 37.5. The number of aromatic amines is 2. The number of hydrogen-bond donors (Lipinski definition) is 4. The lowest BCUT2D eigenvalue weighted by Gasteiger charge is -2.33. The second-order valence-electron chi connectivity index (χ2n) is 17.0. The van der Waals surface area contributed by atoms with Crippen LogP contribution in [0.5, 0.6) is 0 Å². The van der Waals surface area contributed by atoms with Gasteiger partial charge in [0.15, 0.2) is 0 Å². The zero-order valence-corrected chi connectivity index (χ0v) is 30.8. The van der Waals surface area contributed by atoms with Crippen LogP contribution in [0.2, 0.25) is 0 Å². The number of carbonyl (C=O) groups excluding carboxylic acids is 2. The molecular weight excluding hydrogens is 672 g/mol. The van der Waals surface area contributed by atoms with Gasteiger partial charge in [-0.3, -0.25) is 9.59 Å². The van der Waals surface area contributed by atoms with Crippen LogP contribution in [0.4, 0.5) is 17.6 Å². The van der Waals surface area contributed by atoms with Crippen molar-refractivity contribution in [1.82, 2.24) is 30.6 Å². The number of amides is 2. The van der Waals surface area contributed by atoms with E-state index in [1.807, 2.05) is 84.0 Å². The van der Waals surface area contributed by atoms with Crippen LogP contribution in [0.25, 0.3) is 33.4 Å². The number of benzene rings is 2. The number of nitrogens with zero attached hydrogens (tertiary/aromatic N) is 2. The Hall–Kier alpha value is -4.22. The van der Waals surface area contributed by atoms with E-state index >= 15 is 0 Å². The minimum atomic E-state index is -2.70. The van der Waals surface area contributed by atoms with Gasteiger partial charge in [0, 0.05) is 37.5 Å². The van der Waals surface area contributed by atoms with E-state index in [4.69, 9.17) is 4.98 Å². The predicted molar refractivity (Wildman–Crippen MR) is 194 cm³/mol. The van der Waals surface area contributed by atoms with Crippen molar-refractivity contribution in [2.45, 2.75) is 117 Å². The highest BCUT2D eigenvalue weighted by Crippen LogP contribution is 2.40. The number of nitrogens with one attached hydrogen (secondary N) is 4. The van der Waals surface area contributed by atoms with Gasteiger partial charge in [0.2, 0.25) is 23.7 Å². The van der Waals surface area contributed by atoms with Gasteiger partial charge in [-0.2, -0.15) is 0 Å². The van der Waals surface area contributed by atoms with E-state index in [1.165, 1.54) is 0 Å². The van der Waals surface area contributed by atoms with E-state index in [1.54, 1.807) is 6.20 Å². The lowest BCUT2D eigenvalue weighted by molar-refractivity contribution is -0.131. The number of carbonyl (C=O) groups is 2. The first-order chi connectivity index (χ1) is 24.3. The molecule has 2 amide bonds. The van der Waals surface area contributed by atoms with E-state index in [0.29, 0.717) is 11.6 Å². The third kappa shape index (κ3) is 8.52. The lowest BCUT2D eigenvalue weighted by Crippen LogP contribution is -2.42. The van der Waals surface area contributed by atoms with E-state index in [2.05, 4.69) is 25.6 Å². The maximum atomic E-state index is 13.7. The topological polar surface area (TPSA) is 116 Å². The average molecular weight is 723 g/mol. The summed E-state index contributed by atoms with van der Waals surface area (Å²) >= 11 is 0. The second-order valence-corrected chi connectivity index (χ2v) is 17.0. The zero-order valence-electron chi connectivity index (χ0n) is 30.8. The fourth-order valence-electron chi connectivity index (χ4n) is 7.33. The average Bonchev–Trinajstić information content (AvgIpc) is 3.72. The number of halogens is 4. The molecular formula is C40H50F4N6O2. The molecule has 2 heterocycles. The van der Waals surface area contributed by atoms with Gasteiger partial charge >= 0.3 is 0 Å². The summed E-state index contributed by atoms with van der Waals surface area (Å²) in [7, 11) is 0. The van der Waals surface area contributed by atoms with Crippen molar-refractivity contribution in [3.63, 3.8) is 0 Å². The maximum absolute atomic E-state index is 13.7. The summed E-state index contributed by atoms with van der Waals surface area (Å²) in [5.74, 6) is -5.48. The second kappa shape index (κ2) is 14.0. The van der Waals surface area contributed by atoms with Crippen LogP contribution in [0.3, 0.4) is 0 Å². The van der Waals surface area contributed by atoms with Crippen molar-refractivity contribution in [2.24, 2.45) is 22.7 Å². The van der Waals surface area contributed by atoms with E-state index in [9.17, 15) is 27.2 Å². The summed E-state index contributed by atoms with van der Waals surface area (Å²) in [6.45, 7) is 12.1. The van der Waals surface area contributed by atoms with Gasteiger partial charge < -0.3 is 20.6 Å². The summed E-state index contributed by atoms with van der Waals surface area (Å²) in [6, 6.07) is 13.1. The number of H-pyrrole nitrogens is 2. The number of fused-ring (bicyclic) bond motifs is 1.